The number of pyridine rings is 1. The zero-order valence-corrected chi connectivity index (χ0v) is 31.5. The largest absolute Gasteiger partial charge is 0.482 e. The molecule has 10 nitrogen and oxygen atoms in total. The van der Waals surface area contributed by atoms with Gasteiger partial charge in [0.15, 0.2) is 6.29 Å². The lowest BCUT2D eigenvalue weighted by Gasteiger charge is -2.71. The lowest BCUT2D eigenvalue weighted by atomic mass is 9.42. The SMILES string of the molecule is Cc1ccccc1C1OC[C@]2(C)[C@H](CC[C@]3(C)[C@H]4[C@@H](O)c5c(cc(-c6cccnc6)oc5=O)O[C@]4(C)[C@@H](OC(=O)c4ccc(C#N)cc4)C[C@@]23I)O1. The van der Waals surface area contributed by atoms with E-state index in [1.165, 1.54) is 0 Å². The maximum Gasteiger partial charge on any atom is 0.345 e. The van der Waals surface area contributed by atoms with Crippen molar-refractivity contribution in [3.8, 4) is 23.1 Å². The molecule has 0 amide bonds. The third-order valence-electron chi connectivity index (χ3n) is 12.5. The molecule has 0 bridgehead atoms. The van der Waals surface area contributed by atoms with Crippen LogP contribution < -0.4 is 10.4 Å². The summed E-state index contributed by atoms with van der Waals surface area (Å²) in [6.45, 7) is 8.59. The molecule has 2 saturated carbocycles. The molecule has 2 aliphatic carbocycles. The summed E-state index contributed by atoms with van der Waals surface area (Å²) in [4.78, 5) is 31.9. The van der Waals surface area contributed by atoms with Crippen molar-refractivity contribution in [3.63, 3.8) is 0 Å². The zero-order valence-electron chi connectivity index (χ0n) is 29.3. The number of rotatable bonds is 4. The molecular formula is C41H39IN2O8. The number of benzene rings is 2. The van der Waals surface area contributed by atoms with Gasteiger partial charge >= 0.3 is 11.6 Å². The number of ether oxygens (including phenoxy) is 4. The first-order valence-corrected chi connectivity index (χ1v) is 18.6. The van der Waals surface area contributed by atoms with Crippen molar-refractivity contribution >= 4 is 28.6 Å². The number of nitriles is 1. The third-order valence-corrected chi connectivity index (χ3v) is 15.4. The predicted octanol–water partition coefficient (Wildman–Crippen LogP) is 7.41. The Kier molecular flexibility index (Phi) is 8.41. The Morgan fingerprint density at radius 1 is 1.08 bits per heavy atom. The fourth-order valence-corrected chi connectivity index (χ4v) is 11.1. The van der Waals surface area contributed by atoms with E-state index in [0.717, 1.165) is 11.1 Å². The van der Waals surface area contributed by atoms with Crippen LogP contribution in [0.15, 0.2) is 88.3 Å². The van der Waals surface area contributed by atoms with Gasteiger partial charge in [-0.05, 0) is 74.1 Å². The highest BCUT2D eigenvalue weighted by Crippen LogP contribution is 2.73. The van der Waals surface area contributed by atoms with E-state index in [9.17, 15) is 20.0 Å². The summed E-state index contributed by atoms with van der Waals surface area (Å²) in [6, 6.07) is 21.5. The van der Waals surface area contributed by atoms with Crippen LogP contribution in [0.3, 0.4) is 0 Å². The molecule has 2 aromatic carbocycles. The average Bonchev–Trinajstić information content (AvgIpc) is 3.13. The molecule has 0 radical (unpaired) electrons. The molecule has 52 heavy (non-hydrogen) atoms. The molecule has 1 saturated heterocycles. The summed E-state index contributed by atoms with van der Waals surface area (Å²) in [7, 11) is 0. The number of hydrogen-bond donors (Lipinski definition) is 1. The third kappa shape index (κ3) is 5.09. The Morgan fingerprint density at radius 2 is 1.85 bits per heavy atom. The summed E-state index contributed by atoms with van der Waals surface area (Å²) in [5.74, 6) is -0.874. The van der Waals surface area contributed by atoms with E-state index in [-0.39, 0.29) is 28.7 Å². The van der Waals surface area contributed by atoms with Gasteiger partial charge in [-0.3, -0.25) is 4.98 Å². The zero-order chi connectivity index (χ0) is 36.6. The quantitative estimate of drug-likeness (QED) is 0.126. The predicted molar refractivity (Wildman–Crippen MR) is 198 cm³/mol. The summed E-state index contributed by atoms with van der Waals surface area (Å²) >= 11 is 2.51. The second-order valence-electron chi connectivity index (χ2n) is 15.2. The number of aliphatic hydroxyl groups is 1. The van der Waals surface area contributed by atoms with Crippen LogP contribution in [0.4, 0.5) is 0 Å². The Morgan fingerprint density at radius 3 is 2.56 bits per heavy atom. The van der Waals surface area contributed by atoms with Crippen molar-refractivity contribution in [3.05, 3.63) is 117 Å². The lowest BCUT2D eigenvalue weighted by molar-refractivity contribution is -0.317. The molecule has 9 atom stereocenters. The van der Waals surface area contributed by atoms with Crippen LogP contribution in [0.5, 0.6) is 5.75 Å². The molecule has 3 fully saturated rings. The molecule has 1 unspecified atom stereocenters. The molecule has 11 heteroatoms. The molecule has 1 N–H and O–H groups in total. The highest BCUT2D eigenvalue weighted by atomic mass is 127. The number of carbonyl (C=O) groups is 1. The molecular weight excluding hydrogens is 775 g/mol. The van der Waals surface area contributed by atoms with Gasteiger partial charge < -0.3 is 28.5 Å². The molecule has 2 aromatic heterocycles. The van der Waals surface area contributed by atoms with Gasteiger partial charge in [-0.1, -0.05) is 60.7 Å². The van der Waals surface area contributed by atoms with Crippen molar-refractivity contribution in [1.82, 2.24) is 4.98 Å². The first kappa shape index (κ1) is 35.0. The number of carbonyl (C=O) groups excluding carboxylic acids is 1. The number of hydrogen-bond acceptors (Lipinski definition) is 10. The van der Waals surface area contributed by atoms with Gasteiger partial charge in [-0.15, -0.1) is 0 Å². The number of alkyl halides is 1. The van der Waals surface area contributed by atoms with Gasteiger partial charge in [0.25, 0.3) is 0 Å². The van der Waals surface area contributed by atoms with Crippen molar-refractivity contribution in [2.75, 3.05) is 6.61 Å². The number of fused-ring (bicyclic) bond motifs is 6. The Bertz CT molecular complexity index is 2150. The van der Waals surface area contributed by atoms with E-state index in [0.29, 0.717) is 37.0 Å². The first-order valence-electron chi connectivity index (χ1n) is 17.5. The van der Waals surface area contributed by atoms with Gasteiger partial charge in [0.05, 0.1) is 36.0 Å². The number of esters is 1. The normalized spacial score (nSPS) is 34.7. The Hall–Kier alpha value is -4.09. The van der Waals surface area contributed by atoms with Crippen LogP contribution in [0.2, 0.25) is 0 Å². The van der Waals surface area contributed by atoms with Crippen LogP contribution >= 0.6 is 22.6 Å². The van der Waals surface area contributed by atoms with Gasteiger partial charge in [0.2, 0.25) is 0 Å². The minimum atomic E-state index is -1.31. The summed E-state index contributed by atoms with van der Waals surface area (Å²) in [6.07, 6.45) is 1.95. The van der Waals surface area contributed by atoms with Gasteiger partial charge in [0, 0.05) is 50.8 Å². The number of halogens is 1. The second-order valence-corrected chi connectivity index (χ2v) is 17.1. The van der Waals surface area contributed by atoms with Crippen LogP contribution in [-0.4, -0.2) is 43.9 Å². The van der Waals surface area contributed by atoms with Crippen molar-refractivity contribution in [1.29, 1.82) is 5.26 Å². The molecule has 4 aliphatic rings. The monoisotopic (exact) mass is 814 g/mol. The summed E-state index contributed by atoms with van der Waals surface area (Å²) in [5.41, 5.74) is 0.133. The van der Waals surface area contributed by atoms with E-state index in [1.54, 1.807) is 54.9 Å². The van der Waals surface area contributed by atoms with Crippen LogP contribution in [0, 0.1) is 35.0 Å². The molecule has 2 aliphatic heterocycles. The number of aryl methyl sites for hydroxylation is 1. The molecule has 4 heterocycles. The topological polar surface area (TPSA) is 141 Å². The standard InChI is InChI=1S/C41H39IN2O8/c1-23-8-5-6-10-27(23)37-48-22-39(3)30(51-37)15-16-38(2)34-33(45)32-29(18-28(49-36(32)47)26-9-7-17-44-21-26)52-40(34,4)31(19-41(38,39)42)50-35(46)25-13-11-24(20-43)12-14-25/h5-14,17-18,21,30-31,33-34,37,45H,15-16,19,22H2,1-4H3/t30-,31-,33-,34+,37?,38+,39+,40+,41-/m0/s1. The van der Waals surface area contributed by atoms with E-state index in [2.05, 4.69) is 47.5 Å². The van der Waals surface area contributed by atoms with Gasteiger partial charge in [-0.25, -0.2) is 9.59 Å². The van der Waals surface area contributed by atoms with Gasteiger partial charge in [-0.2, -0.15) is 5.26 Å². The summed E-state index contributed by atoms with van der Waals surface area (Å²) < 4.78 is 31.9. The number of nitrogens with zero attached hydrogens (tertiary/aromatic N) is 2. The maximum absolute atomic E-state index is 13.9. The Balaban J connectivity index is 1.24. The number of aromatic nitrogens is 1. The van der Waals surface area contributed by atoms with Crippen molar-refractivity contribution in [2.45, 2.75) is 80.6 Å². The highest BCUT2D eigenvalue weighted by Gasteiger charge is 2.76. The molecule has 0 spiro atoms. The van der Waals surface area contributed by atoms with E-state index < -0.39 is 55.9 Å². The molecule has 8 rings (SSSR count). The fraction of sp³-hybridized carbons (Fsp3) is 0.415. The second kappa shape index (κ2) is 12.5. The first-order chi connectivity index (χ1) is 24.8. The van der Waals surface area contributed by atoms with Crippen LogP contribution in [0.25, 0.3) is 11.3 Å². The highest BCUT2D eigenvalue weighted by molar-refractivity contribution is 14.1. The Labute approximate surface area is 315 Å². The fourth-order valence-electron chi connectivity index (χ4n) is 9.61. The smallest absolute Gasteiger partial charge is 0.345 e. The van der Waals surface area contributed by atoms with Crippen molar-refractivity contribution < 1.29 is 33.3 Å². The van der Waals surface area contributed by atoms with Crippen LogP contribution in [-0.2, 0) is 14.2 Å². The number of aliphatic hydroxyl groups excluding tert-OH is 1. The molecule has 4 aromatic rings. The minimum Gasteiger partial charge on any atom is -0.482 e. The maximum atomic E-state index is 13.9. The van der Waals surface area contributed by atoms with E-state index in [4.69, 9.17) is 23.4 Å². The van der Waals surface area contributed by atoms with Crippen LogP contribution in [0.1, 0.15) is 85.0 Å². The van der Waals surface area contributed by atoms with Gasteiger partial charge in [0.1, 0.15) is 28.8 Å². The van der Waals surface area contributed by atoms with E-state index >= 15 is 0 Å². The van der Waals surface area contributed by atoms with E-state index in [1.807, 2.05) is 38.1 Å². The summed E-state index contributed by atoms with van der Waals surface area (Å²) in [5, 5.41) is 21.8. The van der Waals surface area contributed by atoms with Crippen molar-refractivity contribution in [2.24, 2.45) is 16.7 Å². The average molecular weight is 815 g/mol. The lowest BCUT2D eigenvalue weighted by Crippen LogP contribution is -2.77. The molecule has 268 valence electrons. The minimum absolute atomic E-state index is 0.0391.